The van der Waals surface area contributed by atoms with Crippen molar-refractivity contribution in [2.45, 2.75) is 26.7 Å². The summed E-state index contributed by atoms with van der Waals surface area (Å²) in [7, 11) is 0. The van der Waals surface area contributed by atoms with Crippen LogP contribution in [0, 0.1) is 0 Å². The molecule has 0 aromatic carbocycles. The van der Waals surface area contributed by atoms with Crippen molar-refractivity contribution in [3.8, 4) is 0 Å². The van der Waals surface area contributed by atoms with Crippen molar-refractivity contribution < 1.29 is 61.6 Å². The molecule has 0 fully saturated rings. The molecule has 0 amide bonds. The Hall–Kier alpha value is -0.970. The lowest BCUT2D eigenvalue weighted by atomic mass is 10.3. The Morgan fingerprint density at radius 3 is 0.780 bits per heavy atom. The molecular weight excluding hydrogens is 544 g/mol. The Morgan fingerprint density at radius 2 is 0.561 bits per heavy atom. The zero-order valence-corrected chi connectivity index (χ0v) is 25.5. The molecule has 0 heterocycles. The van der Waals surface area contributed by atoms with Crippen LogP contribution in [0.3, 0.4) is 0 Å². The third-order valence-corrected chi connectivity index (χ3v) is 4.87. The molecule has 0 aliphatic carbocycles. The van der Waals surface area contributed by atoms with Crippen molar-refractivity contribution in [3.05, 3.63) is 0 Å². The van der Waals surface area contributed by atoms with Crippen molar-refractivity contribution in [2.24, 2.45) is 0 Å². The lowest BCUT2D eigenvalue weighted by Gasteiger charge is -2.09. The lowest BCUT2D eigenvalue weighted by molar-refractivity contribution is -0.145. The van der Waals surface area contributed by atoms with E-state index in [0.29, 0.717) is 152 Å². The molecule has 0 aliphatic heterocycles. The highest BCUT2D eigenvalue weighted by molar-refractivity contribution is 5.69. The summed E-state index contributed by atoms with van der Waals surface area (Å²) in [6.45, 7) is 15.6. The maximum Gasteiger partial charge on any atom is 0.305 e. The Labute approximate surface area is 246 Å². The minimum absolute atomic E-state index is 0.187. The van der Waals surface area contributed by atoms with Crippen LogP contribution in [0.5, 0.6) is 0 Å². The first-order chi connectivity index (χ1) is 20.3. The first-order valence-electron chi connectivity index (χ1n) is 14.8. The molecule has 0 bridgehead atoms. The van der Waals surface area contributed by atoms with E-state index in [-0.39, 0.29) is 12.6 Å². The third-order valence-electron chi connectivity index (χ3n) is 4.87. The molecule has 0 rings (SSSR count). The van der Waals surface area contributed by atoms with Gasteiger partial charge in [-0.15, -0.1) is 0 Å². The Bertz CT molecular complexity index is 500. The topological polar surface area (TPSA) is 128 Å². The number of carbonyl (C=O) groups excluding carboxylic acids is 1. The van der Waals surface area contributed by atoms with Crippen LogP contribution in [0.4, 0.5) is 0 Å². The summed E-state index contributed by atoms with van der Waals surface area (Å²) in [6.07, 6.45) is 1.23. The number of hydrogen-bond acceptors (Lipinski definition) is 13. The second-order valence-electron chi connectivity index (χ2n) is 8.29. The molecule has 0 radical (unpaired) electrons. The second kappa shape index (κ2) is 37.1. The summed E-state index contributed by atoms with van der Waals surface area (Å²) in [6, 6.07) is 0. The van der Waals surface area contributed by atoms with E-state index in [9.17, 15) is 4.79 Å². The average Bonchev–Trinajstić information content (AvgIpc) is 2.97. The lowest BCUT2D eigenvalue weighted by Crippen LogP contribution is -2.15. The van der Waals surface area contributed by atoms with E-state index < -0.39 is 0 Å². The number of carbonyl (C=O) groups is 1. The maximum absolute atomic E-state index is 11.2. The maximum atomic E-state index is 11.2. The highest BCUT2D eigenvalue weighted by Crippen LogP contribution is 1.91. The number of ether oxygens (including phenoxy) is 12. The van der Waals surface area contributed by atoms with Gasteiger partial charge in [-0.3, -0.25) is 4.79 Å². The summed E-state index contributed by atoms with van der Waals surface area (Å²) < 4.78 is 64.4. The van der Waals surface area contributed by atoms with Gasteiger partial charge in [-0.25, -0.2) is 0 Å². The van der Waals surface area contributed by atoms with Gasteiger partial charge in [-0.05, 0) is 13.3 Å². The molecule has 0 unspecified atom stereocenters. The van der Waals surface area contributed by atoms with E-state index in [1.165, 1.54) is 0 Å². The average molecular weight is 601 g/mol. The largest absolute Gasteiger partial charge is 0.463 e. The molecule has 246 valence electrons. The molecule has 13 nitrogen and oxygen atoms in total. The standard InChI is InChI=1S/C28H56O13/c1-3-5-28(29)41-27-26-40-25-24-39-23-22-38-21-20-37-19-18-36-17-16-35-15-14-34-13-12-33-11-10-32-9-8-31-7-6-30-4-2/h3-27H2,1-2H3. The van der Waals surface area contributed by atoms with Gasteiger partial charge in [-0.2, -0.15) is 0 Å². The summed E-state index contributed by atoms with van der Waals surface area (Å²) in [4.78, 5) is 11.2. The van der Waals surface area contributed by atoms with Gasteiger partial charge in [0.05, 0.1) is 139 Å². The predicted molar refractivity (Wildman–Crippen MR) is 151 cm³/mol. The first-order valence-corrected chi connectivity index (χ1v) is 14.8. The summed E-state index contributed by atoms with van der Waals surface area (Å²) in [5.74, 6) is -0.187. The van der Waals surface area contributed by atoms with Gasteiger partial charge in [0.25, 0.3) is 0 Å². The van der Waals surface area contributed by atoms with Crippen LogP contribution in [-0.2, 0) is 61.6 Å². The minimum atomic E-state index is -0.187. The number of esters is 1. The molecule has 0 spiro atoms. The molecule has 0 aromatic heterocycles. The van der Waals surface area contributed by atoms with Crippen LogP contribution >= 0.6 is 0 Å². The highest BCUT2D eigenvalue weighted by atomic mass is 16.6. The Balaban J connectivity index is 3.05. The molecule has 0 atom stereocenters. The molecule has 41 heavy (non-hydrogen) atoms. The van der Waals surface area contributed by atoms with Crippen LogP contribution < -0.4 is 0 Å². The fourth-order valence-corrected chi connectivity index (χ4v) is 2.83. The normalized spacial score (nSPS) is 11.4. The number of rotatable bonds is 36. The molecule has 0 aromatic rings. The van der Waals surface area contributed by atoms with Gasteiger partial charge < -0.3 is 56.8 Å². The van der Waals surface area contributed by atoms with Gasteiger partial charge in [-0.1, -0.05) is 6.92 Å². The summed E-state index contributed by atoms with van der Waals surface area (Å²) in [5.41, 5.74) is 0. The van der Waals surface area contributed by atoms with Crippen LogP contribution in [0.2, 0.25) is 0 Å². The molecule has 0 saturated heterocycles. The van der Waals surface area contributed by atoms with Crippen LogP contribution in [0.15, 0.2) is 0 Å². The zero-order chi connectivity index (χ0) is 29.7. The van der Waals surface area contributed by atoms with Gasteiger partial charge >= 0.3 is 5.97 Å². The zero-order valence-electron chi connectivity index (χ0n) is 25.5. The molecule has 0 N–H and O–H groups in total. The van der Waals surface area contributed by atoms with Crippen molar-refractivity contribution in [1.82, 2.24) is 0 Å². The summed E-state index contributed by atoms with van der Waals surface area (Å²) in [5, 5.41) is 0. The smallest absolute Gasteiger partial charge is 0.305 e. The van der Waals surface area contributed by atoms with Gasteiger partial charge in [0.1, 0.15) is 6.61 Å². The van der Waals surface area contributed by atoms with Gasteiger partial charge in [0.15, 0.2) is 0 Å². The first kappa shape index (κ1) is 40.0. The van der Waals surface area contributed by atoms with E-state index >= 15 is 0 Å². The fourth-order valence-electron chi connectivity index (χ4n) is 2.83. The van der Waals surface area contributed by atoms with E-state index in [4.69, 9.17) is 56.8 Å². The molecular formula is C28H56O13. The van der Waals surface area contributed by atoms with Gasteiger partial charge in [0, 0.05) is 13.0 Å². The quantitative estimate of drug-likeness (QED) is 0.0762. The Morgan fingerprint density at radius 1 is 0.341 bits per heavy atom. The van der Waals surface area contributed by atoms with Crippen LogP contribution in [-0.4, -0.2) is 158 Å². The fraction of sp³-hybridized carbons (Fsp3) is 0.964. The van der Waals surface area contributed by atoms with E-state index in [1.807, 2.05) is 13.8 Å². The number of hydrogen-bond donors (Lipinski definition) is 0. The Kier molecular flexibility index (Phi) is 36.2. The third kappa shape index (κ3) is 37.0. The predicted octanol–water partition coefficient (Wildman–Crippen LogP) is 1.53. The summed E-state index contributed by atoms with van der Waals surface area (Å²) >= 11 is 0. The van der Waals surface area contributed by atoms with E-state index in [1.54, 1.807) is 0 Å². The van der Waals surface area contributed by atoms with Crippen molar-refractivity contribution in [1.29, 1.82) is 0 Å². The highest BCUT2D eigenvalue weighted by Gasteiger charge is 2.00. The second-order valence-corrected chi connectivity index (χ2v) is 8.29. The van der Waals surface area contributed by atoms with Crippen molar-refractivity contribution in [3.63, 3.8) is 0 Å². The van der Waals surface area contributed by atoms with Crippen molar-refractivity contribution in [2.75, 3.05) is 152 Å². The monoisotopic (exact) mass is 600 g/mol. The van der Waals surface area contributed by atoms with Gasteiger partial charge in [0.2, 0.25) is 0 Å². The van der Waals surface area contributed by atoms with E-state index in [2.05, 4.69) is 0 Å². The SMILES string of the molecule is CCCC(=O)OCCOCCOCCOCCOCCOCCOCCOCCOCCOCCOCCOCC. The molecule has 13 heteroatoms. The minimum Gasteiger partial charge on any atom is -0.463 e. The molecule has 0 saturated carbocycles. The van der Waals surface area contributed by atoms with Crippen LogP contribution in [0.25, 0.3) is 0 Å². The van der Waals surface area contributed by atoms with E-state index in [0.717, 1.165) is 6.42 Å². The van der Waals surface area contributed by atoms with Crippen molar-refractivity contribution >= 4 is 5.97 Å². The molecule has 0 aliphatic rings. The van der Waals surface area contributed by atoms with Crippen LogP contribution in [0.1, 0.15) is 26.7 Å².